The molecule has 1 aromatic carbocycles. The van der Waals surface area contributed by atoms with Crippen molar-refractivity contribution in [3.8, 4) is 0 Å². The maximum atomic E-state index is 13.0. The molecule has 2 heteroatoms. The Morgan fingerprint density at radius 1 is 1.45 bits per heavy atom. The first-order chi connectivity index (χ1) is 5.16. The quantitative estimate of drug-likeness (QED) is 0.615. The van der Waals surface area contributed by atoms with E-state index in [1.807, 2.05) is 13.8 Å². The molecule has 0 nitrogen and oxygen atoms in total. The van der Waals surface area contributed by atoms with Crippen LogP contribution in [0, 0.1) is 12.7 Å². The van der Waals surface area contributed by atoms with E-state index < -0.39 is 0 Å². The lowest BCUT2D eigenvalue weighted by atomic mass is 10.1. The van der Waals surface area contributed by atoms with Crippen LogP contribution < -0.4 is 0 Å². The summed E-state index contributed by atoms with van der Waals surface area (Å²) in [5.74, 6) is -0.122. The third-order valence-electron chi connectivity index (χ3n) is 1.87. The Kier molecular flexibility index (Phi) is 2.55. The van der Waals surface area contributed by atoms with Crippen molar-refractivity contribution in [2.24, 2.45) is 0 Å². The fraction of sp³-hybridized carbons (Fsp3) is 0.333. The highest BCUT2D eigenvalue weighted by atomic mass is 32.1. The molecule has 0 unspecified atom stereocenters. The molecule has 0 aliphatic rings. The van der Waals surface area contributed by atoms with E-state index in [2.05, 4.69) is 12.6 Å². The van der Waals surface area contributed by atoms with Gasteiger partial charge in [0, 0.05) is 4.90 Å². The van der Waals surface area contributed by atoms with Crippen LogP contribution in [0.15, 0.2) is 17.0 Å². The predicted molar refractivity (Wildman–Crippen MR) is 47.8 cm³/mol. The van der Waals surface area contributed by atoms with Gasteiger partial charge in [-0.3, -0.25) is 0 Å². The average Bonchev–Trinajstić information content (AvgIpc) is 1.99. The number of hydrogen-bond acceptors (Lipinski definition) is 1. The molecular weight excluding hydrogens is 159 g/mol. The SMILES string of the molecule is CCc1c(F)ccc(S)c1C. The summed E-state index contributed by atoms with van der Waals surface area (Å²) in [7, 11) is 0. The fourth-order valence-corrected chi connectivity index (χ4v) is 1.35. The standard InChI is InChI=1S/C9H11FS/c1-3-7-6(2)9(11)5-4-8(7)10/h4-5,11H,3H2,1-2H3. The molecule has 0 N–H and O–H groups in total. The number of thiol groups is 1. The van der Waals surface area contributed by atoms with Gasteiger partial charge in [-0.25, -0.2) is 4.39 Å². The highest BCUT2D eigenvalue weighted by Crippen LogP contribution is 2.20. The van der Waals surface area contributed by atoms with Crippen molar-refractivity contribution < 1.29 is 4.39 Å². The second-order valence-electron chi connectivity index (χ2n) is 2.52. The maximum absolute atomic E-state index is 13.0. The normalized spacial score (nSPS) is 10.2. The summed E-state index contributed by atoms with van der Waals surface area (Å²) in [4.78, 5) is 0.864. The molecule has 0 atom stereocenters. The minimum atomic E-state index is -0.122. The van der Waals surface area contributed by atoms with Gasteiger partial charge in [0.25, 0.3) is 0 Å². The van der Waals surface area contributed by atoms with E-state index in [1.54, 1.807) is 6.07 Å². The summed E-state index contributed by atoms with van der Waals surface area (Å²) in [6.07, 6.45) is 0.728. The monoisotopic (exact) mass is 170 g/mol. The highest BCUT2D eigenvalue weighted by Gasteiger charge is 2.04. The van der Waals surface area contributed by atoms with Gasteiger partial charge in [0.2, 0.25) is 0 Å². The first kappa shape index (κ1) is 8.60. The molecule has 0 aliphatic heterocycles. The summed E-state index contributed by atoms with van der Waals surface area (Å²) < 4.78 is 13.0. The molecule has 0 aromatic heterocycles. The second kappa shape index (κ2) is 3.26. The summed E-state index contributed by atoms with van der Waals surface area (Å²) >= 11 is 4.20. The Balaban J connectivity index is 3.29. The predicted octanol–water partition coefficient (Wildman–Crippen LogP) is 2.99. The van der Waals surface area contributed by atoms with Crippen LogP contribution in [0.1, 0.15) is 18.1 Å². The van der Waals surface area contributed by atoms with E-state index in [4.69, 9.17) is 0 Å². The minimum Gasteiger partial charge on any atom is -0.207 e. The summed E-state index contributed by atoms with van der Waals surface area (Å²) in [5, 5.41) is 0. The molecule has 60 valence electrons. The van der Waals surface area contributed by atoms with E-state index >= 15 is 0 Å². The summed E-state index contributed by atoms with van der Waals surface area (Å²) in [5.41, 5.74) is 1.73. The van der Waals surface area contributed by atoms with Crippen LogP contribution in [0.4, 0.5) is 4.39 Å². The molecule has 0 fully saturated rings. The Labute approximate surface area is 71.8 Å². The third kappa shape index (κ3) is 1.56. The fourth-order valence-electron chi connectivity index (χ4n) is 1.15. The van der Waals surface area contributed by atoms with Crippen LogP contribution in [0.3, 0.4) is 0 Å². The van der Waals surface area contributed by atoms with E-state index in [1.165, 1.54) is 6.07 Å². The molecule has 11 heavy (non-hydrogen) atoms. The smallest absolute Gasteiger partial charge is 0.126 e. The van der Waals surface area contributed by atoms with Crippen LogP contribution in [0.5, 0.6) is 0 Å². The molecule has 0 saturated carbocycles. The first-order valence-corrected chi connectivity index (χ1v) is 4.08. The molecule has 0 saturated heterocycles. The Morgan fingerprint density at radius 3 is 2.55 bits per heavy atom. The molecular formula is C9H11FS. The summed E-state index contributed by atoms with van der Waals surface area (Å²) in [6, 6.07) is 3.15. The molecule has 0 bridgehead atoms. The van der Waals surface area contributed by atoms with Crippen molar-refractivity contribution in [3.63, 3.8) is 0 Å². The molecule has 1 aromatic rings. The highest BCUT2D eigenvalue weighted by molar-refractivity contribution is 7.80. The number of hydrogen-bond donors (Lipinski definition) is 1. The second-order valence-corrected chi connectivity index (χ2v) is 3.01. The zero-order valence-corrected chi connectivity index (χ0v) is 7.58. The van der Waals surface area contributed by atoms with Crippen molar-refractivity contribution in [2.45, 2.75) is 25.2 Å². The number of rotatable bonds is 1. The van der Waals surface area contributed by atoms with Crippen LogP contribution in [-0.2, 0) is 6.42 Å². The molecule has 0 heterocycles. The lowest BCUT2D eigenvalue weighted by Crippen LogP contribution is -1.92. The van der Waals surface area contributed by atoms with Crippen LogP contribution in [-0.4, -0.2) is 0 Å². The third-order valence-corrected chi connectivity index (χ3v) is 2.35. The van der Waals surface area contributed by atoms with Gasteiger partial charge < -0.3 is 0 Å². The average molecular weight is 170 g/mol. The molecule has 0 radical (unpaired) electrons. The summed E-state index contributed by atoms with van der Waals surface area (Å²) in [6.45, 7) is 3.84. The first-order valence-electron chi connectivity index (χ1n) is 3.63. The molecule has 0 amide bonds. The van der Waals surface area contributed by atoms with Gasteiger partial charge >= 0.3 is 0 Å². The largest absolute Gasteiger partial charge is 0.207 e. The molecule has 0 aliphatic carbocycles. The zero-order chi connectivity index (χ0) is 8.43. The minimum absolute atomic E-state index is 0.122. The van der Waals surface area contributed by atoms with Crippen LogP contribution >= 0.6 is 12.6 Å². The van der Waals surface area contributed by atoms with Gasteiger partial charge in [0.05, 0.1) is 0 Å². The van der Waals surface area contributed by atoms with Gasteiger partial charge in [0.15, 0.2) is 0 Å². The van der Waals surface area contributed by atoms with Crippen LogP contribution in [0.25, 0.3) is 0 Å². The number of halogens is 1. The van der Waals surface area contributed by atoms with Gasteiger partial charge in [-0.2, -0.15) is 0 Å². The van der Waals surface area contributed by atoms with Crippen molar-refractivity contribution in [2.75, 3.05) is 0 Å². The lowest BCUT2D eigenvalue weighted by molar-refractivity contribution is 0.608. The Morgan fingerprint density at radius 2 is 2.09 bits per heavy atom. The van der Waals surface area contributed by atoms with Crippen LogP contribution in [0.2, 0.25) is 0 Å². The number of benzene rings is 1. The Bertz CT molecular complexity index is 269. The molecule has 1 rings (SSSR count). The van der Waals surface area contributed by atoms with E-state index in [0.29, 0.717) is 0 Å². The van der Waals surface area contributed by atoms with Gasteiger partial charge in [-0.05, 0) is 36.6 Å². The van der Waals surface area contributed by atoms with E-state index in [-0.39, 0.29) is 5.82 Å². The van der Waals surface area contributed by atoms with Gasteiger partial charge in [0.1, 0.15) is 5.82 Å². The maximum Gasteiger partial charge on any atom is 0.126 e. The van der Waals surface area contributed by atoms with Gasteiger partial charge in [-0.15, -0.1) is 12.6 Å². The van der Waals surface area contributed by atoms with Crippen molar-refractivity contribution in [3.05, 3.63) is 29.1 Å². The molecule has 0 spiro atoms. The van der Waals surface area contributed by atoms with Gasteiger partial charge in [-0.1, -0.05) is 6.92 Å². The zero-order valence-electron chi connectivity index (χ0n) is 6.69. The van der Waals surface area contributed by atoms with Crippen molar-refractivity contribution in [1.82, 2.24) is 0 Å². The Hall–Kier alpha value is -0.500. The van der Waals surface area contributed by atoms with E-state index in [9.17, 15) is 4.39 Å². The topological polar surface area (TPSA) is 0 Å². The van der Waals surface area contributed by atoms with Crippen molar-refractivity contribution in [1.29, 1.82) is 0 Å². The van der Waals surface area contributed by atoms with E-state index in [0.717, 1.165) is 22.4 Å². The lowest BCUT2D eigenvalue weighted by Gasteiger charge is -2.05. The van der Waals surface area contributed by atoms with Crippen molar-refractivity contribution >= 4 is 12.6 Å².